The molecule has 110 valence electrons. The molecule has 0 bridgehead atoms. The van der Waals surface area contributed by atoms with Crippen molar-refractivity contribution in [2.75, 3.05) is 0 Å². The third-order valence-electron chi connectivity index (χ3n) is 3.95. The van der Waals surface area contributed by atoms with E-state index >= 15 is 0 Å². The molecule has 0 saturated heterocycles. The molecular weight excluding hydrogens is 262 g/mol. The minimum atomic E-state index is -0.0867. The molecule has 0 saturated carbocycles. The first kappa shape index (κ1) is 15.2. The SMILES string of the molecule is Cc1c(C(=O)c2ccccc2)c(C)n(C)c1C(=O)C(C)C. The Morgan fingerprint density at radius 2 is 1.62 bits per heavy atom. The van der Waals surface area contributed by atoms with Crippen LogP contribution in [-0.2, 0) is 7.05 Å². The van der Waals surface area contributed by atoms with Gasteiger partial charge < -0.3 is 4.57 Å². The van der Waals surface area contributed by atoms with Gasteiger partial charge in [-0.1, -0.05) is 44.2 Å². The molecule has 1 aromatic heterocycles. The van der Waals surface area contributed by atoms with Crippen LogP contribution >= 0.6 is 0 Å². The van der Waals surface area contributed by atoms with Gasteiger partial charge in [0, 0.05) is 29.8 Å². The van der Waals surface area contributed by atoms with Gasteiger partial charge in [0.05, 0.1) is 5.69 Å². The van der Waals surface area contributed by atoms with E-state index in [1.165, 1.54) is 0 Å². The van der Waals surface area contributed by atoms with Crippen LogP contribution in [0.1, 0.15) is 51.5 Å². The van der Waals surface area contributed by atoms with Crippen molar-refractivity contribution in [2.45, 2.75) is 27.7 Å². The molecular formula is C18H21NO2. The molecule has 0 N–H and O–H groups in total. The summed E-state index contributed by atoms with van der Waals surface area (Å²) < 4.78 is 1.84. The Balaban J connectivity index is 2.59. The van der Waals surface area contributed by atoms with Gasteiger partial charge in [-0.25, -0.2) is 0 Å². The number of aromatic nitrogens is 1. The quantitative estimate of drug-likeness (QED) is 0.802. The van der Waals surface area contributed by atoms with Crippen molar-refractivity contribution in [2.24, 2.45) is 13.0 Å². The highest BCUT2D eigenvalue weighted by Gasteiger charge is 2.26. The van der Waals surface area contributed by atoms with E-state index in [0.717, 1.165) is 11.3 Å². The smallest absolute Gasteiger partial charge is 0.195 e. The van der Waals surface area contributed by atoms with Crippen molar-refractivity contribution < 1.29 is 9.59 Å². The van der Waals surface area contributed by atoms with Crippen molar-refractivity contribution in [3.8, 4) is 0 Å². The molecule has 3 heteroatoms. The van der Waals surface area contributed by atoms with Crippen molar-refractivity contribution >= 4 is 11.6 Å². The molecule has 2 aromatic rings. The molecule has 0 spiro atoms. The third kappa shape index (κ3) is 2.56. The zero-order valence-corrected chi connectivity index (χ0v) is 13.2. The summed E-state index contributed by atoms with van der Waals surface area (Å²) in [5.74, 6) is -0.0365. The minimum Gasteiger partial charge on any atom is -0.345 e. The molecule has 1 aromatic carbocycles. The van der Waals surface area contributed by atoms with E-state index in [1.807, 2.05) is 57.5 Å². The summed E-state index contributed by atoms with van der Waals surface area (Å²) in [6.07, 6.45) is 0. The molecule has 2 rings (SSSR count). The van der Waals surface area contributed by atoms with E-state index in [0.29, 0.717) is 16.8 Å². The summed E-state index contributed by atoms with van der Waals surface area (Å²) in [6, 6.07) is 9.19. The number of carbonyl (C=O) groups is 2. The third-order valence-corrected chi connectivity index (χ3v) is 3.95. The normalized spacial score (nSPS) is 11.0. The number of nitrogens with zero attached hydrogens (tertiary/aromatic N) is 1. The van der Waals surface area contributed by atoms with E-state index in [2.05, 4.69) is 0 Å². The zero-order valence-electron chi connectivity index (χ0n) is 13.2. The lowest BCUT2D eigenvalue weighted by Gasteiger charge is -2.07. The standard InChI is InChI=1S/C18H21NO2/c1-11(2)17(20)16-12(3)15(13(4)19(16)5)18(21)14-9-7-6-8-10-14/h6-11H,1-5H3. The highest BCUT2D eigenvalue weighted by Crippen LogP contribution is 2.26. The maximum absolute atomic E-state index is 12.7. The minimum absolute atomic E-state index is 0.0241. The van der Waals surface area contributed by atoms with Gasteiger partial charge >= 0.3 is 0 Å². The molecule has 0 unspecified atom stereocenters. The van der Waals surface area contributed by atoms with Gasteiger partial charge in [0.15, 0.2) is 11.6 Å². The van der Waals surface area contributed by atoms with Crippen LogP contribution < -0.4 is 0 Å². The molecule has 0 amide bonds. The molecule has 0 radical (unpaired) electrons. The molecule has 21 heavy (non-hydrogen) atoms. The number of ketones is 2. The Bertz CT molecular complexity index is 694. The first-order valence-electron chi connectivity index (χ1n) is 7.16. The van der Waals surface area contributed by atoms with E-state index in [-0.39, 0.29) is 17.5 Å². The predicted molar refractivity (Wildman–Crippen MR) is 83.9 cm³/mol. The van der Waals surface area contributed by atoms with E-state index in [9.17, 15) is 9.59 Å². The molecule has 0 atom stereocenters. The van der Waals surface area contributed by atoms with Gasteiger partial charge in [0.1, 0.15) is 0 Å². The predicted octanol–water partition coefficient (Wildman–Crippen LogP) is 3.71. The van der Waals surface area contributed by atoms with Crippen LogP contribution in [0.25, 0.3) is 0 Å². The van der Waals surface area contributed by atoms with Crippen LogP contribution in [0.15, 0.2) is 30.3 Å². The van der Waals surface area contributed by atoms with Gasteiger partial charge in [0.25, 0.3) is 0 Å². The topological polar surface area (TPSA) is 39.1 Å². The van der Waals surface area contributed by atoms with E-state index in [1.54, 1.807) is 12.1 Å². The summed E-state index contributed by atoms with van der Waals surface area (Å²) >= 11 is 0. The highest BCUT2D eigenvalue weighted by molar-refractivity contribution is 6.13. The van der Waals surface area contributed by atoms with E-state index < -0.39 is 0 Å². The zero-order chi connectivity index (χ0) is 15.7. The number of rotatable bonds is 4. The molecule has 3 nitrogen and oxygen atoms in total. The fourth-order valence-electron chi connectivity index (χ4n) is 2.67. The van der Waals surface area contributed by atoms with Crippen molar-refractivity contribution in [1.82, 2.24) is 4.57 Å². The molecule has 0 fully saturated rings. The Hall–Kier alpha value is -2.16. The first-order valence-corrected chi connectivity index (χ1v) is 7.16. The second-order valence-corrected chi connectivity index (χ2v) is 5.71. The van der Waals surface area contributed by atoms with Crippen LogP contribution in [0.2, 0.25) is 0 Å². The van der Waals surface area contributed by atoms with Crippen LogP contribution in [0, 0.1) is 19.8 Å². The number of benzene rings is 1. The Kier molecular flexibility index (Phi) is 4.12. The highest BCUT2D eigenvalue weighted by atomic mass is 16.1. The van der Waals surface area contributed by atoms with Crippen molar-refractivity contribution in [1.29, 1.82) is 0 Å². The Morgan fingerprint density at radius 3 is 2.14 bits per heavy atom. The largest absolute Gasteiger partial charge is 0.345 e. The maximum Gasteiger partial charge on any atom is 0.195 e. The first-order chi connectivity index (χ1) is 9.86. The number of hydrogen-bond acceptors (Lipinski definition) is 2. The fourth-order valence-corrected chi connectivity index (χ4v) is 2.67. The fraction of sp³-hybridized carbons (Fsp3) is 0.333. The number of carbonyl (C=O) groups excluding carboxylic acids is 2. The van der Waals surface area contributed by atoms with Gasteiger partial charge in [-0.3, -0.25) is 9.59 Å². The monoisotopic (exact) mass is 283 g/mol. The van der Waals surface area contributed by atoms with Crippen LogP contribution in [0.3, 0.4) is 0 Å². The van der Waals surface area contributed by atoms with Crippen molar-refractivity contribution in [3.05, 3.63) is 58.4 Å². The summed E-state index contributed by atoms with van der Waals surface area (Å²) in [7, 11) is 1.85. The average molecular weight is 283 g/mol. The average Bonchev–Trinajstić information content (AvgIpc) is 2.69. The molecule has 1 heterocycles. The molecule has 0 aliphatic heterocycles. The molecule has 0 aliphatic carbocycles. The number of hydrogen-bond donors (Lipinski definition) is 0. The summed E-state index contributed by atoms with van der Waals surface area (Å²) in [4.78, 5) is 25.1. The Morgan fingerprint density at radius 1 is 1.05 bits per heavy atom. The van der Waals surface area contributed by atoms with Gasteiger partial charge in [-0.05, 0) is 19.4 Å². The number of Topliss-reactive ketones (excluding diaryl/α,β-unsaturated/α-hetero) is 1. The maximum atomic E-state index is 12.7. The van der Waals surface area contributed by atoms with E-state index in [4.69, 9.17) is 0 Å². The van der Waals surface area contributed by atoms with Crippen molar-refractivity contribution in [3.63, 3.8) is 0 Å². The van der Waals surface area contributed by atoms with Crippen LogP contribution in [0.5, 0.6) is 0 Å². The van der Waals surface area contributed by atoms with Crippen LogP contribution in [-0.4, -0.2) is 16.1 Å². The summed E-state index contributed by atoms with van der Waals surface area (Å²) in [6.45, 7) is 7.50. The van der Waals surface area contributed by atoms with Gasteiger partial charge in [-0.15, -0.1) is 0 Å². The Labute approximate surface area is 125 Å². The van der Waals surface area contributed by atoms with Gasteiger partial charge in [-0.2, -0.15) is 0 Å². The lowest BCUT2D eigenvalue weighted by Crippen LogP contribution is -2.13. The summed E-state index contributed by atoms with van der Waals surface area (Å²) in [5, 5.41) is 0. The second kappa shape index (κ2) is 5.68. The second-order valence-electron chi connectivity index (χ2n) is 5.71. The van der Waals surface area contributed by atoms with Gasteiger partial charge in [0.2, 0.25) is 0 Å². The summed E-state index contributed by atoms with van der Waals surface area (Å²) in [5.41, 5.74) is 3.56. The lowest BCUT2D eigenvalue weighted by molar-refractivity contribution is 0.0930. The lowest BCUT2D eigenvalue weighted by atomic mass is 9.97. The van der Waals surface area contributed by atoms with Crippen LogP contribution in [0.4, 0.5) is 0 Å². The molecule has 0 aliphatic rings.